The first-order valence-electron chi connectivity index (χ1n) is 5.19. The van der Waals surface area contributed by atoms with Crippen LogP contribution in [-0.2, 0) is 6.54 Å². The summed E-state index contributed by atoms with van der Waals surface area (Å²) >= 11 is 1.16. The molecule has 4 nitrogen and oxygen atoms in total. The van der Waals surface area contributed by atoms with E-state index in [1.807, 2.05) is 13.8 Å². The van der Waals surface area contributed by atoms with Crippen molar-refractivity contribution < 1.29 is 5.11 Å². The summed E-state index contributed by atoms with van der Waals surface area (Å²) in [6, 6.07) is 0. The number of aromatic nitrogens is 1. The maximum Gasteiger partial charge on any atom is 0.304 e. The van der Waals surface area contributed by atoms with Crippen molar-refractivity contribution in [2.75, 3.05) is 6.54 Å². The summed E-state index contributed by atoms with van der Waals surface area (Å²) in [5.41, 5.74) is 0.246. The smallest absolute Gasteiger partial charge is 0.304 e. The van der Waals surface area contributed by atoms with E-state index in [0.29, 0.717) is 13.1 Å². The second-order valence-corrected chi connectivity index (χ2v) is 4.55. The Balaban J connectivity index is 2.35. The molecule has 0 saturated carbocycles. The number of thiazole rings is 1. The highest BCUT2D eigenvalue weighted by Crippen LogP contribution is 2.12. The van der Waals surface area contributed by atoms with Crippen LogP contribution in [0, 0.1) is 0 Å². The minimum absolute atomic E-state index is 0.0342. The van der Waals surface area contributed by atoms with Crippen molar-refractivity contribution in [1.29, 1.82) is 0 Å². The van der Waals surface area contributed by atoms with Crippen molar-refractivity contribution in [3.63, 3.8) is 0 Å². The molecule has 0 fully saturated rings. The van der Waals surface area contributed by atoms with Crippen LogP contribution in [0.15, 0.2) is 10.2 Å². The van der Waals surface area contributed by atoms with Crippen molar-refractivity contribution >= 4 is 11.3 Å². The highest BCUT2D eigenvalue weighted by atomic mass is 32.1. The van der Waals surface area contributed by atoms with Gasteiger partial charge in [-0.05, 0) is 12.8 Å². The molecule has 0 aliphatic rings. The van der Waals surface area contributed by atoms with Gasteiger partial charge in [-0.2, -0.15) is 0 Å². The number of hydrogen-bond donors (Lipinski definition) is 3. The van der Waals surface area contributed by atoms with Crippen LogP contribution in [0.4, 0.5) is 0 Å². The van der Waals surface area contributed by atoms with Crippen LogP contribution in [-0.4, -0.2) is 22.2 Å². The van der Waals surface area contributed by atoms with Crippen LogP contribution < -0.4 is 10.2 Å². The van der Waals surface area contributed by atoms with E-state index in [2.05, 4.69) is 10.3 Å². The Bertz CT molecular complexity index is 341. The first kappa shape index (κ1) is 12.4. The van der Waals surface area contributed by atoms with Crippen LogP contribution in [0.1, 0.15) is 32.4 Å². The molecule has 0 atom stereocenters. The maximum absolute atomic E-state index is 10.8. The number of H-pyrrole nitrogens is 1. The van der Waals surface area contributed by atoms with Crippen LogP contribution in [0.5, 0.6) is 0 Å². The van der Waals surface area contributed by atoms with Crippen LogP contribution in [0.3, 0.4) is 0 Å². The highest BCUT2D eigenvalue weighted by Gasteiger charge is 2.21. The van der Waals surface area contributed by atoms with Gasteiger partial charge >= 0.3 is 4.87 Å². The molecule has 1 aromatic heterocycles. The largest absolute Gasteiger partial charge is 0.389 e. The normalized spacial score (nSPS) is 11.9. The molecule has 5 heteroatoms. The Morgan fingerprint density at radius 3 is 2.67 bits per heavy atom. The lowest BCUT2D eigenvalue weighted by atomic mass is 9.98. The number of nitrogens with one attached hydrogen (secondary N) is 2. The topological polar surface area (TPSA) is 65.1 Å². The molecule has 1 heterocycles. The average molecular weight is 230 g/mol. The van der Waals surface area contributed by atoms with Gasteiger partial charge in [0.05, 0.1) is 5.60 Å². The van der Waals surface area contributed by atoms with Crippen molar-refractivity contribution in [3.05, 3.63) is 20.7 Å². The average Bonchev–Trinajstić information content (AvgIpc) is 2.64. The van der Waals surface area contributed by atoms with E-state index in [-0.39, 0.29) is 4.87 Å². The van der Waals surface area contributed by atoms with Crippen LogP contribution in [0.25, 0.3) is 0 Å². The summed E-state index contributed by atoms with van der Waals surface area (Å²) < 4.78 is 0. The van der Waals surface area contributed by atoms with Gasteiger partial charge in [-0.25, -0.2) is 0 Å². The first-order valence-corrected chi connectivity index (χ1v) is 6.07. The lowest BCUT2D eigenvalue weighted by molar-refractivity contribution is 0.0322. The number of aromatic amines is 1. The van der Waals surface area contributed by atoms with E-state index >= 15 is 0 Å². The molecule has 1 rings (SSSR count). The Hall–Kier alpha value is -0.650. The third-order valence-corrected chi connectivity index (χ3v) is 3.38. The van der Waals surface area contributed by atoms with Gasteiger partial charge in [0.25, 0.3) is 0 Å². The lowest BCUT2D eigenvalue weighted by Gasteiger charge is -2.25. The van der Waals surface area contributed by atoms with Gasteiger partial charge in [0.2, 0.25) is 0 Å². The fourth-order valence-electron chi connectivity index (χ4n) is 1.33. The third kappa shape index (κ3) is 3.77. The summed E-state index contributed by atoms with van der Waals surface area (Å²) in [6.45, 7) is 5.09. The highest BCUT2D eigenvalue weighted by molar-refractivity contribution is 7.07. The Labute approximate surface area is 93.4 Å². The predicted octanol–water partition coefficient (Wildman–Crippen LogP) is 1.08. The van der Waals surface area contributed by atoms with Crippen molar-refractivity contribution in [2.24, 2.45) is 0 Å². The fraction of sp³-hybridized carbons (Fsp3) is 0.700. The van der Waals surface area contributed by atoms with Crippen LogP contribution >= 0.6 is 11.3 Å². The molecule has 0 saturated heterocycles. The molecule has 0 radical (unpaired) electrons. The van der Waals surface area contributed by atoms with E-state index < -0.39 is 5.60 Å². The molecule has 3 N–H and O–H groups in total. The molecule has 0 spiro atoms. The molecule has 0 bridgehead atoms. The minimum Gasteiger partial charge on any atom is -0.389 e. The van der Waals surface area contributed by atoms with Gasteiger partial charge in [0.15, 0.2) is 0 Å². The van der Waals surface area contributed by atoms with Crippen molar-refractivity contribution in [3.8, 4) is 0 Å². The van der Waals surface area contributed by atoms with Crippen molar-refractivity contribution in [2.45, 2.75) is 38.8 Å². The summed E-state index contributed by atoms with van der Waals surface area (Å²) in [5, 5.41) is 14.9. The zero-order valence-corrected chi connectivity index (χ0v) is 9.99. The minimum atomic E-state index is -0.629. The van der Waals surface area contributed by atoms with Gasteiger partial charge in [-0.3, -0.25) is 4.79 Å². The number of aliphatic hydroxyl groups is 1. The second-order valence-electron chi connectivity index (χ2n) is 3.71. The Kier molecular flexibility index (Phi) is 4.50. The van der Waals surface area contributed by atoms with Gasteiger partial charge in [0.1, 0.15) is 0 Å². The molecular formula is C10H18N2O2S. The molecule has 0 aliphatic carbocycles. The zero-order valence-electron chi connectivity index (χ0n) is 9.17. The molecule has 0 amide bonds. The maximum atomic E-state index is 10.8. The molecule has 86 valence electrons. The molecule has 0 unspecified atom stereocenters. The van der Waals surface area contributed by atoms with E-state index in [0.717, 1.165) is 29.9 Å². The summed E-state index contributed by atoms with van der Waals surface area (Å²) in [5.74, 6) is 0. The quantitative estimate of drug-likeness (QED) is 0.685. The molecule has 0 aromatic carbocycles. The monoisotopic (exact) mass is 230 g/mol. The SMILES string of the molecule is CCC(O)(CC)CNCc1csc(=O)[nH]1. The van der Waals surface area contributed by atoms with Crippen molar-refractivity contribution in [1.82, 2.24) is 10.3 Å². The summed E-state index contributed by atoms with van der Waals surface area (Å²) in [4.78, 5) is 13.5. The Morgan fingerprint density at radius 1 is 1.53 bits per heavy atom. The standard InChI is InChI=1S/C10H18N2O2S/c1-3-10(14,4-2)7-11-5-8-6-15-9(13)12-8/h6,11,14H,3-5,7H2,1-2H3,(H,12,13). The first-order chi connectivity index (χ1) is 7.09. The zero-order chi connectivity index (χ0) is 11.3. The molecule has 15 heavy (non-hydrogen) atoms. The molecular weight excluding hydrogens is 212 g/mol. The van der Waals surface area contributed by atoms with Crippen LogP contribution in [0.2, 0.25) is 0 Å². The fourth-order valence-corrected chi connectivity index (χ4v) is 1.91. The Morgan fingerprint density at radius 2 is 2.20 bits per heavy atom. The van der Waals surface area contributed by atoms with Gasteiger partial charge < -0.3 is 15.4 Å². The van der Waals surface area contributed by atoms with E-state index in [4.69, 9.17) is 0 Å². The van der Waals surface area contributed by atoms with E-state index in [1.165, 1.54) is 0 Å². The molecule has 1 aromatic rings. The van der Waals surface area contributed by atoms with Gasteiger partial charge in [-0.1, -0.05) is 25.2 Å². The third-order valence-electron chi connectivity index (χ3n) is 2.66. The summed E-state index contributed by atoms with van der Waals surface area (Å²) in [7, 11) is 0. The van der Waals surface area contributed by atoms with Gasteiger partial charge in [0, 0.05) is 24.2 Å². The lowest BCUT2D eigenvalue weighted by Crippen LogP contribution is -2.39. The van der Waals surface area contributed by atoms with Gasteiger partial charge in [-0.15, -0.1) is 0 Å². The van der Waals surface area contributed by atoms with E-state index in [9.17, 15) is 9.90 Å². The number of rotatable bonds is 6. The molecule has 0 aliphatic heterocycles. The predicted molar refractivity (Wildman–Crippen MR) is 62.2 cm³/mol. The summed E-state index contributed by atoms with van der Waals surface area (Å²) in [6.07, 6.45) is 1.47. The second kappa shape index (κ2) is 5.44. The van der Waals surface area contributed by atoms with E-state index in [1.54, 1.807) is 5.38 Å². The number of hydrogen-bond acceptors (Lipinski definition) is 4.